The number of rotatable bonds is 8. The standard InChI is InChI=1S/C13H28N4O/c1-4-7-15-12(13(14)18)6-9-17-8-5-11(10-17)16(2)3/h11-12,15H,4-10H2,1-3H3,(H2,14,18). The van der Waals surface area contributed by atoms with Crippen molar-refractivity contribution in [3.63, 3.8) is 0 Å². The molecule has 0 aromatic carbocycles. The molecule has 1 aliphatic heterocycles. The van der Waals surface area contributed by atoms with Gasteiger partial charge in [0.2, 0.25) is 5.91 Å². The number of nitrogens with zero attached hydrogens (tertiary/aromatic N) is 2. The van der Waals surface area contributed by atoms with E-state index in [0.29, 0.717) is 6.04 Å². The van der Waals surface area contributed by atoms with E-state index in [1.54, 1.807) is 0 Å². The zero-order chi connectivity index (χ0) is 13.5. The molecule has 2 unspecified atom stereocenters. The number of hydrogen-bond donors (Lipinski definition) is 2. The molecule has 1 heterocycles. The molecule has 106 valence electrons. The number of carbonyl (C=O) groups is 1. The van der Waals surface area contributed by atoms with E-state index in [0.717, 1.165) is 39.0 Å². The summed E-state index contributed by atoms with van der Waals surface area (Å²) in [6.07, 6.45) is 3.06. The van der Waals surface area contributed by atoms with Gasteiger partial charge < -0.3 is 20.9 Å². The maximum Gasteiger partial charge on any atom is 0.234 e. The number of likely N-dealkylation sites (tertiary alicyclic amines) is 1. The molecule has 1 rings (SSSR count). The third-order valence-electron chi connectivity index (χ3n) is 3.70. The number of hydrogen-bond acceptors (Lipinski definition) is 4. The molecule has 0 spiro atoms. The first kappa shape index (κ1) is 15.4. The highest BCUT2D eigenvalue weighted by molar-refractivity contribution is 5.79. The minimum atomic E-state index is -0.230. The normalized spacial score (nSPS) is 22.6. The number of nitrogens with one attached hydrogen (secondary N) is 1. The third kappa shape index (κ3) is 4.92. The monoisotopic (exact) mass is 256 g/mol. The van der Waals surface area contributed by atoms with Gasteiger partial charge in [-0.15, -0.1) is 0 Å². The van der Waals surface area contributed by atoms with Crippen LogP contribution in [0.2, 0.25) is 0 Å². The second-order valence-electron chi connectivity index (χ2n) is 5.40. The van der Waals surface area contributed by atoms with E-state index >= 15 is 0 Å². The first-order valence-corrected chi connectivity index (χ1v) is 6.96. The Morgan fingerprint density at radius 3 is 2.78 bits per heavy atom. The molecule has 0 radical (unpaired) electrons. The van der Waals surface area contributed by atoms with Gasteiger partial charge in [-0.3, -0.25) is 4.79 Å². The number of nitrogens with two attached hydrogens (primary N) is 1. The Labute approximate surface area is 111 Å². The zero-order valence-electron chi connectivity index (χ0n) is 12.0. The van der Waals surface area contributed by atoms with Gasteiger partial charge in [0.25, 0.3) is 0 Å². The van der Waals surface area contributed by atoms with Gasteiger partial charge >= 0.3 is 0 Å². The Hall–Kier alpha value is -0.650. The fourth-order valence-electron chi connectivity index (χ4n) is 2.41. The SMILES string of the molecule is CCCNC(CCN1CCC(N(C)C)C1)C(N)=O. The van der Waals surface area contributed by atoms with Crippen molar-refractivity contribution in [2.75, 3.05) is 40.3 Å². The summed E-state index contributed by atoms with van der Waals surface area (Å²) in [6.45, 7) is 6.13. The number of likely N-dealkylation sites (N-methyl/N-ethyl adjacent to an activating group) is 1. The summed E-state index contributed by atoms with van der Waals surface area (Å²) < 4.78 is 0. The topological polar surface area (TPSA) is 61.6 Å². The van der Waals surface area contributed by atoms with E-state index in [9.17, 15) is 4.79 Å². The smallest absolute Gasteiger partial charge is 0.234 e. The quantitative estimate of drug-likeness (QED) is 0.635. The molecule has 0 saturated carbocycles. The van der Waals surface area contributed by atoms with Gasteiger partial charge in [0.15, 0.2) is 0 Å². The van der Waals surface area contributed by atoms with Crippen molar-refractivity contribution >= 4 is 5.91 Å². The van der Waals surface area contributed by atoms with Crippen LogP contribution >= 0.6 is 0 Å². The van der Waals surface area contributed by atoms with Crippen LogP contribution in [0.1, 0.15) is 26.2 Å². The van der Waals surface area contributed by atoms with Crippen molar-refractivity contribution in [2.45, 2.75) is 38.3 Å². The largest absolute Gasteiger partial charge is 0.368 e. The first-order chi connectivity index (χ1) is 8.54. The maximum absolute atomic E-state index is 11.3. The van der Waals surface area contributed by atoms with Crippen LogP contribution in [0.25, 0.3) is 0 Å². The summed E-state index contributed by atoms with van der Waals surface area (Å²) in [7, 11) is 4.26. The predicted molar refractivity (Wildman–Crippen MR) is 74.4 cm³/mol. The number of carbonyl (C=O) groups excluding carboxylic acids is 1. The van der Waals surface area contributed by atoms with Gasteiger partial charge in [-0.25, -0.2) is 0 Å². The Kier molecular flexibility index (Phi) is 6.60. The lowest BCUT2D eigenvalue weighted by Gasteiger charge is -2.22. The van der Waals surface area contributed by atoms with Crippen molar-refractivity contribution in [3.8, 4) is 0 Å². The fraction of sp³-hybridized carbons (Fsp3) is 0.923. The van der Waals surface area contributed by atoms with Crippen LogP contribution in [0.5, 0.6) is 0 Å². The van der Waals surface area contributed by atoms with E-state index < -0.39 is 0 Å². The lowest BCUT2D eigenvalue weighted by atomic mass is 10.2. The summed E-state index contributed by atoms with van der Waals surface area (Å²) in [5.41, 5.74) is 5.41. The van der Waals surface area contributed by atoms with E-state index in [4.69, 9.17) is 5.73 Å². The fourth-order valence-corrected chi connectivity index (χ4v) is 2.41. The van der Waals surface area contributed by atoms with Gasteiger partial charge in [-0.2, -0.15) is 0 Å². The molecule has 1 saturated heterocycles. The Morgan fingerprint density at radius 2 is 2.28 bits per heavy atom. The minimum absolute atomic E-state index is 0.177. The average molecular weight is 256 g/mol. The van der Waals surface area contributed by atoms with E-state index in [2.05, 4.69) is 36.1 Å². The lowest BCUT2D eigenvalue weighted by molar-refractivity contribution is -0.120. The second-order valence-corrected chi connectivity index (χ2v) is 5.40. The van der Waals surface area contributed by atoms with Gasteiger partial charge in [0.1, 0.15) is 0 Å². The van der Waals surface area contributed by atoms with Crippen molar-refractivity contribution in [1.29, 1.82) is 0 Å². The van der Waals surface area contributed by atoms with Crippen LogP contribution in [-0.4, -0.2) is 68.1 Å². The molecule has 1 fully saturated rings. The van der Waals surface area contributed by atoms with Crippen molar-refractivity contribution in [3.05, 3.63) is 0 Å². The van der Waals surface area contributed by atoms with Crippen molar-refractivity contribution < 1.29 is 4.79 Å². The number of primary amides is 1. The molecule has 1 aliphatic rings. The highest BCUT2D eigenvalue weighted by atomic mass is 16.1. The summed E-state index contributed by atoms with van der Waals surface area (Å²) in [6, 6.07) is 0.476. The van der Waals surface area contributed by atoms with Crippen LogP contribution in [0.4, 0.5) is 0 Å². The Morgan fingerprint density at radius 1 is 1.56 bits per heavy atom. The summed E-state index contributed by atoms with van der Waals surface area (Å²) in [4.78, 5) is 16.0. The molecule has 18 heavy (non-hydrogen) atoms. The molecule has 0 aromatic heterocycles. The molecule has 2 atom stereocenters. The van der Waals surface area contributed by atoms with Gasteiger partial charge in [0, 0.05) is 19.1 Å². The summed E-state index contributed by atoms with van der Waals surface area (Å²) in [5, 5.41) is 3.22. The molecule has 0 aromatic rings. The van der Waals surface area contributed by atoms with Gasteiger partial charge in [0.05, 0.1) is 6.04 Å². The average Bonchev–Trinajstić information content (AvgIpc) is 2.77. The molecule has 5 heteroatoms. The molecule has 5 nitrogen and oxygen atoms in total. The van der Waals surface area contributed by atoms with Crippen LogP contribution in [0, 0.1) is 0 Å². The highest BCUT2D eigenvalue weighted by Gasteiger charge is 2.24. The predicted octanol–water partition coefficient (Wildman–Crippen LogP) is -0.134. The Bertz CT molecular complexity index is 257. The van der Waals surface area contributed by atoms with Gasteiger partial charge in [-0.05, 0) is 46.4 Å². The summed E-state index contributed by atoms with van der Waals surface area (Å²) >= 11 is 0. The Balaban J connectivity index is 2.28. The van der Waals surface area contributed by atoms with Gasteiger partial charge in [-0.1, -0.05) is 6.92 Å². The van der Waals surface area contributed by atoms with E-state index in [1.807, 2.05) is 0 Å². The van der Waals surface area contributed by atoms with Crippen LogP contribution < -0.4 is 11.1 Å². The molecule has 1 amide bonds. The van der Waals surface area contributed by atoms with Crippen molar-refractivity contribution in [2.24, 2.45) is 5.73 Å². The molecule has 0 aliphatic carbocycles. The third-order valence-corrected chi connectivity index (χ3v) is 3.70. The molecular formula is C13H28N4O. The molecular weight excluding hydrogens is 228 g/mol. The van der Waals surface area contributed by atoms with Crippen LogP contribution in [-0.2, 0) is 4.79 Å². The number of amides is 1. The van der Waals surface area contributed by atoms with E-state index in [-0.39, 0.29) is 11.9 Å². The first-order valence-electron chi connectivity index (χ1n) is 6.96. The highest BCUT2D eigenvalue weighted by Crippen LogP contribution is 2.13. The second kappa shape index (κ2) is 7.71. The maximum atomic E-state index is 11.3. The molecule has 0 bridgehead atoms. The molecule has 3 N–H and O–H groups in total. The van der Waals surface area contributed by atoms with E-state index in [1.165, 1.54) is 6.42 Å². The zero-order valence-corrected chi connectivity index (χ0v) is 12.0. The van der Waals surface area contributed by atoms with Crippen LogP contribution in [0.15, 0.2) is 0 Å². The van der Waals surface area contributed by atoms with Crippen LogP contribution in [0.3, 0.4) is 0 Å². The summed E-state index contributed by atoms with van der Waals surface area (Å²) in [5.74, 6) is -0.230. The lowest BCUT2D eigenvalue weighted by Crippen LogP contribution is -2.44. The minimum Gasteiger partial charge on any atom is -0.368 e. The van der Waals surface area contributed by atoms with Crippen molar-refractivity contribution in [1.82, 2.24) is 15.1 Å².